The van der Waals surface area contributed by atoms with Crippen molar-refractivity contribution >= 4 is 82.3 Å². The first-order chi connectivity index (χ1) is 24.3. The Kier molecular flexibility index (Phi) is 9.32. The van der Waals surface area contributed by atoms with E-state index in [9.17, 15) is 36.3 Å². The zero-order chi connectivity index (χ0) is 36.3. The molecule has 15 heteroatoms. The Morgan fingerprint density at radius 2 is 0.941 bits per heavy atom. The lowest BCUT2D eigenvalue weighted by Gasteiger charge is -2.12. The molecule has 0 aliphatic rings. The van der Waals surface area contributed by atoms with Crippen molar-refractivity contribution in [2.75, 3.05) is 27.2 Å². The quantitative estimate of drug-likeness (QED) is 0.0952. The van der Waals surface area contributed by atoms with Crippen molar-refractivity contribution in [1.82, 2.24) is 0 Å². The molecule has 2 amide bonds. The van der Waals surface area contributed by atoms with Crippen molar-refractivity contribution < 1.29 is 41.1 Å². The lowest BCUT2D eigenvalue weighted by atomic mass is 10.1. The average molecular weight is 725 g/mol. The van der Waals surface area contributed by atoms with Crippen LogP contribution >= 0.6 is 0 Å². The second kappa shape index (κ2) is 13.8. The summed E-state index contributed by atoms with van der Waals surface area (Å²) in [5.41, 5.74) is 1.27. The van der Waals surface area contributed by atoms with Crippen LogP contribution in [-0.2, 0) is 24.8 Å². The third-order valence-corrected chi connectivity index (χ3v) is 10.4. The van der Waals surface area contributed by atoms with Crippen LogP contribution in [-0.4, -0.2) is 47.0 Å². The molecule has 0 aliphatic heterocycles. The van der Waals surface area contributed by atoms with Crippen LogP contribution in [0.3, 0.4) is 0 Å². The van der Waals surface area contributed by atoms with Crippen molar-refractivity contribution in [3.8, 4) is 0 Å². The largest absolute Gasteiger partial charge is 0.478 e. The van der Waals surface area contributed by atoms with Gasteiger partial charge in [-0.25, -0.2) is 31.2 Å². The van der Waals surface area contributed by atoms with Gasteiger partial charge in [-0.05, 0) is 106 Å². The number of carboxylic acid groups (broad SMARTS) is 1. The molecular formula is C36H28N4O9S2. The fourth-order valence-corrected chi connectivity index (χ4v) is 7.39. The molecule has 13 nitrogen and oxygen atoms in total. The van der Waals surface area contributed by atoms with Gasteiger partial charge in [-0.1, -0.05) is 36.4 Å². The molecule has 0 atom stereocenters. The summed E-state index contributed by atoms with van der Waals surface area (Å²) in [4.78, 5) is 35.8. The van der Waals surface area contributed by atoms with Crippen molar-refractivity contribution in [2.45, 2.75) is 9.79 Å². The van der Waals surface area contributed by atoms with Crippen molar-refractivity contribution in [3.05, 3.63) is 132 Å². The maximum absolute atomic E-state index is 13.1. The second-order valence-corrected chi connectivity index (χ2v) is 14.6. The average Bonchev–Trinajstić information content (AvgIpc) is 3.10. The minimum Gasteiger partial charge on any atom is -0.478 e. The van der Waals surface area contributed by atoms with E-state index in [1.54, 1.807) is 72.8 Å². The Balaban J connectivity index is 1.15. The van der Waals surface area contributed by atoms with E-state index in [-0.39, 0.29) is 32.3 Å². The van der Waals surface area contributed by atoms with E-state index in [1.165, 1.54) is 49.6 Å². The van der Waals surface area contributed by atoms with Gasteiger partial charge in [0.2, 0.25) is 0 Å². The van der Waals surface area contributed by atoms with Crippen LogP contribution in [0.2, 0.25) is 0 Å². The van der Waals surface area contributed by atoms with E-state index in [2.05, 4.69) is 24.8 Å². The predicted molar refractivity (Wildman–Crippen MR) is 193 cm³/mol. The SMILES string of the molecule is COC(=O)c1cccc(S(=O)(=O)Nc2ccc3ccc(NC(=O)Nc4ccc5ccc(NS(=O)(=O)c6cccc(C(=O)O)c6)cc5c4)cc3c2)c1. The van der Waals surface area contributed by atoms with Crippen LogP contribution in [0.5, 0.6) is 0 Å². The molecule has 0 bridgehead atoms. The van der Waals surface area contributed by atoms with Crippen molar-refractivity contribution in [3.63, 3.8) is 0 Å². The molecule has 6 aromatic rings. The summed E-state index contributed by atoms with van der Waals surface area (Å²) in [7, 11) is -6.93. The summed E-state index contributed by atoms with van der Waals surface area (Å²) >= 11 is 0. The lowest BCUT2D eigenvalue weighted by molar-refractivity contribution is 0.0599. The van der Waals surface area contributed by atoms with E-state index >= 15 is 0 Å². The standard InChI is InChI=1S/C36H28N4O9S2/c1-49-35(43)25-5-3-7-33(21-25)51(47,48)40-31-15-11-23-9-13-29(17-27(23)19-31)38-36(44)37-28-12-8-22-10-14-30(18-26(22)16-28)39-50(45,46)32-6-2-4-24(20-32)34(41)42/h2-21,39-40H,1H3,(H,41,42)(H2,37,38,44). The number of methoxy groups -OCH3 is 1. The number of benzene rings is 6. The van der Waals surface area contributed by atoms with Gasteiger partial charge in [0.25, 0.3) is 20.0 Å². The van der Waals surface area contributed by atoms with Gasteiger partial charge in [0.15, 0.2) is 0 Å². The number of carboxylic acids is 1. The Bertz CT molecular complexity index is 2590. The molecule has 0 aliphatic carbocycles. The highest BCUT2D eigenvalue weighted by molar-refractivity contribution is 7.93. The summed E-state index contributed by atoms with van der Waals surface area (Å²) in [6.45, 7) is 0. The highest BCUT2D eigenvalue weighted by Crippen LogP contribution is 2.27. The molecule has 5 N–H and O–H groups in total. The Morgan fingerprint density at radius 1 is 0.529 bits per heavy atom. The van der Waals surface area contributed by atoms with Gasteiger partial charge in [0, 0.05) is 22.7 Å². The predicted octanol–water partition coefficient (Wildman–Crippen LogP) is 6.72. The first-order valence-corrected chi connectivity index (χ1v) is 18.0. The molecule has 0 radical (unpaired) electrons. The number of sulfonamides is 2. The van der Waals surface area contributed by atoms with Gasteiger partial charge in [-0.2, -0.15) is 0 Å². The Morgan fingerprint density at radius 3 is 1.39 bits per heavy atom. The van der Waals surface area contributed by atoms with Gasteiger partial charge in [-0.15, -0.1) is 0 Å². The minimum absolute atomic E-state index is 0.0894. The molecular weight excluding hydrogens is 697 g/mol. The van der Waals surface area contributed by atoms with E-state index in [0.29, 0.717) is 22.1 Å². The van der Waals surface area contributed by atoms with Gasteiger partial charge >= 0.3 is 18.0 Å². The third-order valence-electron chi connectivity index (χ3n) is 7.66. The van der Waals surface area contributed by atoms with E-state index in [4.69, 9.17) is 0 Å². The van der Waals surface area contributed by atoms with E-state index < -0.39 is 38.0 Å². The molecule has 0 spiro atoms. The third kappa shape index (κ3) is 7.90. The molecule has 0 saturated heterocycles. The van der Waals surface area contributed by atoms with Crippen LogP contribution in [0.1, 0.15) is 20.7 Å². The van der Waals surface area contributed by atoms with Crippen molar-refractivity contribution in [1.29, 1.82) is 0 Å². The number of rotatable bonds is 10. The second-order valence-electron chi connectivity index (χ2n) is 11.2. The van der Waals surface area contributed by atoms with E-state index in [0.717, 1.165) is 16.8 Å². The maximum Gasteiger partial charge on any atom is 0.337 e. The van der Waals surface area contributed by atoms with Gasteiger partial charge in [0.05, 0.1) is 28.0 Å². The summed E-state index contributed by atoms with van der Waals surface area (Å²) < 4.78 is 61.7. The molecule has 6 rings (SSSR count). The molecule has 51 heavy (non-hydrogen) atoms. The fourth-order valence-electron chi connectivity index (χ4n) is 5.20. The number of carbonyl (C=O) groups excluding carboxylic acids is 2. The number of fused-ring (bicyclic) bond motifs is 2. The summed E-state index contributed by atoms with van der Waals surface area (Å²) in [5, 5.41) is 17.5. The first kappa shape index (κ1) is 34.4. The van der Waals surface area contributed by atoms with Crippen LogP contribution in [0.15, 0.2) is 131 Å². The number of urea groups is 1. The van der Waals surface area contributed by atoms with Gasteiger partial charge < -0.3 is 20.5 Å². The van der Waals surface area contributed by atoms with Gasteiger partial charge in [0.1, 0.15) is 0 Å². The van der Waals surface area contributed by atoms with Crippen LogP contribution in [0.25, 0.3) is 21.5 Å². The number of esters is 1. The zero-order valence-corrected chi connectivity index (χ0v) is 28.2. The Hall–Kier alpha value is -6.45. The number of carbonyl (C=O) groups is 3. The normalized spacial score (nSPS) is 11.5. The lowest BCUT2D eigenvalue weighted by Crippen LogP contribution is -2.19. The molecule has 0 fully saturated rings. The minimum atomic E-state index is -4.09. The molecule has 0 saturated carbocycles. The van der Waals surface area contributed by atoms with Gasteiger partial charge in [-0.3, -0.25) is 9.44 Å². The van der Waals surface area contributed by atoms with Crippen LogP contribution in [0.4, 0.5) is 27.5 Å². The molecule has 0 aromatic heterocycles. The Labute approximate surface area is 292 Å². The smallest absolute Gasteiger partial charge is 0.337 e. The first-order valence-electron chi connectivity index (χ1n) is 15.0. The van der Waals surface area contributed by atoms with E-state index in [1.807, 2.05) is 0 Å². The van der Waals surface area contributed by atoms with Crippen LogP contribution < -0.4 is 20.1 Å². The molecule has 0 heterocycles. The number of aromatic carboxylic acids is 1. The van der Waals surface area contributed by atoms with Crippen LogP contribution in [0, 0.1) is 0 Å². The molecule has 0 unspecified atom stereocenters. The topological polar surface area (TPSA) is 197 Å². The number of ether oxygens (including phenoxy) is 1. The summed E-state index contributed by atoms with van der Waals surface area (Å²) in [5.74, 6) is -1.92. The number of anilines is 4. The fraction of sp³-hybridized carbons (Fsp3) is 0.0278. The highest BCUT2D eigenvalue weighted by Gasteiger charge is 2.18. The maximum atomic E-state index is 13.1. The number of nitrogens with one attached hydrogen (secondary N) is 4. The monoisotopic (exact) mass is 724 g/mol. The number of hydrogen-bond donors (Lipinski definition) is 5. The number of amides is 2. The summed E-state index contributed by atoms with van der Waals surface area (Å²) in [6, 6.07) is 29.9. The number of hydrogen-bond acceptors (Lipinski definition) is 8. The molecule has 258 valence electrons. The zero-order valence-electron chi connectivity index (χ0n) is 26.6. The summed E-state index contributed by atoms with van der Waals surface area (Å²) in [6.07, 6.45) is 0. The van der Waals surface area contributed by atoms with Crippen molar-refractivity contribution in [2.24, 2.45) is 0 Å². The highest BCUT2D eigenvalue weighted by atomic mass is 32.2. The molecule has 6 aromatic carbocycles.